The van der Waals surface area contributed by atoms with Crippen LogP contribution in [0.4, 0.5) is 0 Å². The molecule has 0 aromatic heterocycles. The maximum atomic E-state index is 12.1. The van der Waals surface area contributed by atoms with Crippen molar-refractivity contribution in [1.82, 2.24) is 0 Å². The predicted octanol–water partition coefficient (Wildman–Crippen LogP) is 5.89. The number of hydrogen-bond donors (Lipinski definition) is 0. The zero-order chi connectivity index (χ0) is 34.2. The fourth-order valence-electron chi connectivity index (χ4n) is 11.7. The second-order valence-electron chi connectivity index (χ2n) is 16.8. The highest BCUT2D eigenvalue weighted by Crippen LogP contribution is 2.70. The quantitative estimate of drug-likeness (QED) is 0.192. The molecule has 3 heterocycles. The summed E-state index contributed by atoms with van der Waals surface area (Å²) in [6.07, 6.45) is 8.56. The maximum absolute atomic E-state index is 12.1. The van der Waals surface area contributed by atoms with E-state index in [1.165, 1.54) is 45.6 Å². The number of hydrogen-bond acceptors (Lipinski definition) is 10. The summed E-state index contributed by atoms with van der Waals surface area (Å²) in [7, 11) is 0. The molecule has 0 unspecified atom stereocenters. The Labute approximate surface area is 285 Å². The Kier molecular flexibility index (Phi) is 9.07. The normalized spacial score (nSPS) is 49.3. The van der Waals surface area contributed by atoms with Crippen LogP contribution in [0, 0.1) is 46.3 Å². The van der Waals surface area contributed by atoms with Gasteiger partial charge < -0.3 is 33.2 Å². The summed E-state index contributed by atoms with van der Waals surface area (Å²) in [5, 5.41) is 0. The molecule has 0 amide bonds. The number of carbonyl (C=O) groups excluding carboxylic acids is 3. The Balaban J connectivity index is 1.05. The van der Waals surface area contributed by atoms with E-state index in [1.54, 1.807) is 0 Å². The standard InChI is InChI=1S/C38H56O10/c1-20-10-15-38(43-18-20)21(2)32-30(48-38)17-29-27-9-8-25-16-26(11-13-36(25,6)28(27)12-14-37(29,32)7)46-35-34(45-24(5)41)33(44-23(4)40)31(47-35)19-42-22(3)39/h8,20-21,26-35H,9-19H2,1-7H3/t20-,21+,26+,27-,28+,29+,30+,31-,32+,33-,34-,35-,36+,37+,38-/m1/s1. The van der Waals surface area contributed by atoms with Gasteiger partial charge in [-0.3, -0.25) is 14.4 Å². The Morgan fingerprint density at radius 2 is 1.67 bits per heavy atom. The molecule has 268 valence electrons. The average molecular weight is 673 g/mol. The van der Waals surface area contributed by atoms with Crippen LogP contribution in [-0.4, -0.2) is 73.7 Å². The van der Waals surface area contributed by atoms with E-state index in [9.17, 15) is 14.4 Å². The van der Waals surface area contributed by atoms with Gasteiger partial charge in [-0.05, 0) is 91.8 Å². The van der Waals surface area contributed by atoms with E-state index in [4.69, 9.17) is 33.2 Å². The van der Waals surface area contributed by atoms with Gasteiger partial charge >= 0.3 is 17.9 Å². The Hall–Kier alpha value is -2.01. The molecule has 3 saturated heterocycles. The van der Waals surface area contributed by atoms with Crippen LogP contribution in [-0.2, 0) is 47.5 Å². The van der Waals surface area contributed by atoms with E-state index in [0.29, 0.717) is 41.6 Å². The molecule has 0 radical (unpaired) electrons. The van der Waals surface area contributed by atoms with E-state index in [-0.39, 0.29) is 29.3 Å². The van der Waals surface area contributed by atoms with Crippen LogP contribution in [0.15, 0.2) is 11.6 Å². The summed E-state index contributed by atoms with van der Waals surface area (Å²) >= 11 is 0. The van der Waals surface area contributed by atoms with Crippen molar-refractivity contribution in [3.63, 3.8) is 0 Å². The van der Waals surface area contributed by atoms with E-state index in [0.717, 1.165) is 45.1 Å². The van der Waals surface area contributed by atoms with Gasteiger partial charge in [0, 0.05) is 33.1 Å². The van der Waals surface area contributed by atoms with Crippen molar-refractivity contribution in [2.24, 2.45) is 46.3 Å². The van der Waals surface area contributed by atoms with Gasteiger partial charge in [0.05, 0.1) is 18.8 Å². The third kappa shape index (κ3) is 5.74. The van der Waals surface area contributed by atoms with Crippen molar-refractivity contribution < 1.29 is 47.5 Å². The van der Waals surface area contributed by atoms with Crippen molar-refractivity contribution in [3.05, 3.63) is 11.6 Å². The molecule has 1 spiro atoms. The van der Waals surface area contributed by atoms with Crippen LogP contribution in [0.2, 0.25) is 0 Å². The predicted molar refractivity (Wildman–Crippen MR) is 173 cm³/mol. The molecule has 15 atom stereocenters. The molecule has 0 aromatic rings. The summed E-state index contributed by atoms with van der Waals surface area (Å²) in [4.78, 5) is 35.6. The van der Waals surface area contributed by atoms with Gasteiger partial charge in [0.15, 0.2) is 24.3 Å². The zero-order valence-corrected chi connectivity index (χ0v) is 29.9. The largest absolute Gasteiger partial charge is 0.463 e. The molecule has 3 saturated carbocycles. The molecule has 0 bridgehead atoms. The minimum atomic E-state index is -0.964. The molecule has 7 rings (SSSR count). The summed E-state index contributed by atoms with van der Waals surface area (Å²) in [5.41, 5.74) is 1.85. The minimum Gasteiger partial charge on any atom is -0.463 e. The van der Waals surface area contributed by atoms with Crippen LogP contribution >= 0.6 is 0 Å². The van der Waals surface area contributed by atoms with Gasteiger partial charge in [-0.15, -0.1) is 0 Å². The molecule has 6 fully saturated rings. The Morgan fingerprint density at radius 3 is 2.35 bits per heavy atom. The van der Waals surface area contributed by atoms with Gasteiger partial charge in [-0.1, -0.05) is 39.3 Å². The third-order valence-electron chi connectivity index (χ3n) is 14.0. The average Bonchev–Trinajstić information content (AvgIpc) is 3.59. The van der Waals surface area contributed by atoms with Crippen molar-refractivity contribution in [2.75, 3.05) is 13.2 Å². The maximum Gasteiger partial charge on any atom is 0.303 e. The lowest BCUT2D eigenvalue weighted by molar-refractivity contribution is -0.272. The lowest BCUT2D eigenvalue weighted by Gasteiger charge is -2.58. The van der Waals surface area contributed by atoms with E-state index < -0.39 is 42.5 Å². The van der Waals surface area contributed by atoms with Gasteiger partial charge in [-0.25, -0.2) is 0 Å². The van der Waals surface area contributed by atoms with Crippen molar-refractivity contribution in [3.8, 4) is 0 Å². The van der Waals surface area contributed by atoms with Gasteiger partial charge in [-0.2, -0.15) is 0 Å². The van der Waals surface area contributed by atoms with Crippen molar-refractivity contribution in [2.45, 2.75) is 149 Å². The summed E-state index contributed by atoms with van der Waals surface area (Å²) in [6, 6.07) is 0. The van der Waals surface area contributed by atoms with Crippen molar-refractivity contribution in [1.29, 1.82) is 0 Å². The smallest absolute Gasteiger partial charge is 0.303 e. The van der Waals surface area contributed by atoms with E-state index >= 15 is 0 Å². The number of ether oxygens (including phenoxy) is 7. The highest BCUT2D eigenvalue weighted by molar-refractivity contribution is 5.68. The summed E-state index contributed by atoms with van der Waals surface area (Å²) in [6.45, 7) is 14.3. The number of allylic oxidation sites excluding steroid dienone is 1. The summed E-state index contributed by atoms with van der Waals surface area (Å²) in [5.74, 6) is 1.57. The molecule has 10 heteroatoms. The summed E-state index contributed by atoms with van der Waals surface area (Å²) < 4.78 is 42.5. The number of carbonyl (C=O) groups is 3. The minimum absolute atomic E-state index is 0.113. The lowest BCUT2D eigenvalue weighted by atomic mass is 9.47. The monoisotopic (exact) mass is 672 g/mol. The molecule has 4 aliphatic carbocycles. The molecule has 3 aliphatic heterocycles. The third-order valence-corrected chi connectivity index (χ3v) is 14.0. The molecular weight excluding hydrogens is 616 g/mol. The molecule has 0 N–H and O–H groups in total. The number of rotatable bonds is 6. The van der Waals surface area contributed by atoms with Crippen LogP contribution in [0.1, 0.15) is 106 Å². The second kappa shape index (κ2) is 12.6. The van der Waals surface area contributed by atoms with Crippen LogP contribution in [0.25, 0.3) is 0 Å². The van der Waals surface area contributed by atoms with Crippen LogP contribution < -0.4 is 0 Å². The van der Waals surface area contributed by atoms with E-state index in [2.05, 4.69) is 33.8 Å². The molecule has 10 nitrogen and oxygen atoms in total. The molecule has 7 aliphatic rings. The van der Waals surface area contributed by atoms with E-state index in [1.807, 2.05) is 0 Å². The zero-order valence-electron chi connectivity index (χ0n) is 29.9. The first-order valence-corrected chi connectivity index (χ1v) is 18.5. The first kappa shape index (κ1) is 34.4. The molecular formula is C38H56O10. The SMILES string of the molecule is CC(=O)OC[C@H]1O[C@@H](O[C@H]2CC[C@@]3(C)C(=CC[C@H]4[C@@H]5C[C@@H]6O[C@]7(CC[C@@H](C)CO7)[C@@H](C)[C@@H]6[C@@]5(C)CC[C@@H]43)C2)[C@H](OC(C)=O)[C@@H]1OC(C)=O. The van der Waals surface area contributed by atoms with Gasteiger partial charge in [0.1, 0.15) is 12.7 Å². The first-order chi connectivity index (χ1) is 22.7. The van der Waals surface area contributed by atoms with Crippen molar-refractivity contribution >= 4 is 17.9 Å². The molecule has 48 heavy (non-hydrogen) atoms. The fourth-order valence-corrected chi connectivity index (χ4v) is 11.7. The number of esters is 3. The van der Waals surface area contributed by atoms with Crippen LogP contribution in [0.5, 0.6) is 0 Å². The molecule has 0 aromatic carbocycles. The van der Waals surface area contributed by atoms with Gasteiger partial charge in [0.2, 0.25) is 0 Å². The first-order valence-electron chi connectivity index (χ1n) is 18.5. The Morgan fingerprint density at radius 1 is 0.917 bits per heavy atom. The Bertz CT molecular complexity index is 1300. The second-order valence-corrected chi connectivity index (χ2v) is 16.8. The lowest BCUT2D eigenvalue weighted by Crippen LogP contribution is -2.52. The fraction of sp³-hybridized carbons (Fsp3) is 0.868. The van der Waals surface area contributed by atoms with Crippen LogP contribution in [0.3, 0.4) is 0 Å². The highest BCUT2D eigenvalue weighted by Gasteiger charge is 2.68. The number of fused-ring (bicyclic) bond motifs is 7. The highest BCUT2D eigenvalue weighted by atomic mass is 16.7. The van der Waals surface area contributed by atoms with Gasteiger partial charge in [0.25, 0.3) is 0 Å². The topological polar surface area (TPSA) is 116 Å².